The van der Waals surface area contributed by atoms with E-state index in [4.69, 9.17) is 28.5 Å². The molecule has 0 amide bonds. The Morgan fingerprint density at radius 1 is 1.46 bits per heavy atom. The van der Waals surface area contributed by atoms with Gasteiger partial charge in [-0.2, -0.15) is 5.26 Å². The van der Waals surface area contributed by atoms with Crippen molar-refractivity contribution in [3.8, 4) is 11.8 Å². The normalized spacial score (nSPS) is 9.00. The van der Waals surface area contributed by atoms with Gasteiger partial charge in [0.2, 0.25) is 0 Å². The van der Waals surface area contributed by atoms with Gasteiger partial charge in [0, 0.05) is 16.6 Å². The molecule has 0 spiro atoms. The Bertz CT molecular complexity index is 384. The van der Waals surface area contributed by atoms with E-state index in [0.29, 0.717) is 10.6 Å². The summed E-state index contributed by atoms with van der Waals surface area (Å²) in [7, 11) is 0. The lowest BCUT2D eigenvalue weighted by molar-refractivity contribution is 0.225. The van der Waals surface area contributed by atoms with E-state index in [1.807, 2.05) is 6.07 Å². The van der Waals surface area contributed by atoms with Crippen LogP contribution in [0, 0.1) is 11.3 Å². The fourth-order valence-corrected chi connectivity index (χ4v) is 1.09. The van der Waals surface area contributed by atoms with Gasteiger partial charge in [0.15, 0.2) is 0 Å². The van der Waals surface area contributed by atoms with Gasteiger partial charge in [-0.15, -0.1) is 0 Å². The molecule has 0 saturated heterocycles. The predicted molar refractivity (Wildman–Crippen MR) is 48.0 cm³/mol. The minimum atomic E-state index is -0.967. The topological polar surface area (TPSA) is 50.1 Å². The molecule has 0 aliphatic heterocycles. The number of halogens is 2. The molecule has 1 aromatic rings. The van der Waals surface area contributed by atoms with Gasteiger partial charge in [-0.05, 0) is 18.2 Å². The third-order valence-electron chi connectivity index (χ3n) is 1.20. The maximum absolute atomic E-state index is 10.3. The fraction of sp³-hybridized carbons (Fsp3) is 0. The molecule has 0 atom stereocenters. The molecule has 0 aromatic heterocycles. The lowest BCUT2D eigenvalue weighted by atomic mass is 10.2. The Morgan fingerprint density at radius 2 is 2.15 bits per heavy atom. The Kier molecular flexibility index (Phi) is 3.13. The monoisotopic (exact) mass is 215 g/mol. The van der Waals surface area contributed by atoms with E-state index >= 15 is 0 Å². The van der Waals surface area contributed by atoms with Crippen molar-refractivity contribution in [3.05, 3.63) is 28.8 Å². The van der Waals surface area contributed by atoms with E-state index in [0.717, 1.165) is 0 Å². The molecule has 0 bridgehead atoms. The first kappa shape index (κ1) is 9.85. The second-order valence-corrected chi connectivity index (χ2v) is 2.87. The Morgan fingerprint density at radius 3 is 2.69 bits per heavy atom. The molecular formula is C8H3Cl2NO2. The van der Waals surface area contributed by atoms with Gasteiger partial charge >= 0.3 is 5.43 Å². The number of hydrogen-bond acceptors (Lipinski definition) is 3. The number of nitrogens with zero attached hydrogens (tertiary/aromatic N) is 1. The third kappa shape index (κ3) is 2.94. The van der Waals surface area contributed by atoms with E-state index in [2.05, 4.69) is 4.74 Å². The first-order valence-electron chi connectivity index (χ1n) is 3.20. The summed E-state index contributed by atoms with van der Waals surface area (Å²) in [4.78, 5) is 10.3. The molecule has 0 unspecified atom stereocenters. The summed E-state index contributed by atoms with van der Waals surface area (Å²) >= 11 is 10.6. The molecule has 0 fully saturated rings. The van der Waals surface area contributed by atoms with E-state index in [1.165, 1.54) is 18.2 Å². The molecule has 0 saturated carbocycles. The van der Waals surface area contributed by atoms with Gasteiger partial charge < -0.3 is 4.74 Å². The van der Waals surface area contributed by atoms with Crippen molar-refractivity contribution < 1.29 is 9.53 Å². The Hall–Kier alpha value is -1.24. The molecule has 0 heterocycles. The Labute approximate surface area is 84.4 Å². The molecule has 5 heteroatoms. The smallest absolute Gasteiger partial charge is 0.409 e. The highest BCUT2D eigenvalue weighted by Gasteiger charge is 2.03. The average molecular weight is 216 g/mol. The predicted octanol–water partition coefficient (Wildman–Crippen LogP) is 2.95. The van der Waals surface area contributed by atoms with Crippen LogP contribution in [0.15, 0.2) is 18.2 Å². The third-order valence-corrected chi connectivity index (χ3v) is 1.49. The second kappa shape index (κ2) is 4.13. The van der Waals surface area contributed by atoms with Gasteiger partial charge in [0.25, 0.3) is 0 Å². The van der Waals surface area contributed by atoms with Crippen LogP contribution in [0.3, 0.4) is 0 Å². The summed E-state index contributed by atoms with van der Waals surface area (Å²) < 4.78 is 4.53. The van der Waals surface area contributed by atoms with Crippen LogP contribution in [-0.2, 0) is 0 Å². The molecule has 0 aliphatic carbocycles. The van der Waals surface area contributed by atoms with Crippen molar-refractivity contribution in [2.75, 3.05) is 0 Å². The van der Waals surface area contributed by atoms with Crippen molar-refractivity contribution in [2.24, 2.45) is 0 Å². The van der Waals surface area contributed by atoms with Gasteiger partial charge in [0.05, 0.1) is 11.6 Å². The highest BCUT2D eigenvalue weighted by atomic mass is 35.5. The van der Waals surface area contributed by atoms with Crippen molar-refractivity contribution in [3.63, 3.8) is 0 Å². The molecule has 1 rings (SSSR count). The maximum atomic E-state index is 10.3. The highest BCUT2D eigenvalue weighted by Crippen LogP contribution is 2.21. The average Bonchev–Trinajstić information content (AvgIpc) is 2.01. The van der Waals surface area contributed by atoms with Crippen LogP contribution in [0.2, 0.25) is 5.02 Å². The molecule has 0 radical (unpaired) electrons. The minimum Gasteiger partial charge on any atom is -0.414 e. The molecular weight excluding hydrogens is 213 g/mol. The first-order valence-corrected chi connectivity index (χ1v) is 3.95. The number of benzene rings is 1. The molecule has 66 valence electrons. The summed E-state index contributed by atoms with van der Waals surface area (Å²) in [5, 5.41) is 8.85. The number of nitriles is 1. The van der Waals surface area contributed by atoms with Gasteiger partial charge in [-0.1, -0.05) is 11.6 Å². The van der Waals surface area contributed by atoms with Crippen molar-refractivity contribution in [2.45, 2.75) is 0 Å². The van der Waals surface area contributed by atoms with Gasteiger partial charge in [0.1, 0.15) is 5.75 Å². The largest absolute Gasteiger partial charge is 0.414 e. The fourth-order valence-electron chi connectivity index (χ4n) is 0.779. The van der Waals surface area contributed by atoms with E-state index in [1.54, 1.807) is 0 Å². The zero-order valence-corrected chi connectivity index (χ0v) is 7.76. The molecule has 13 heavy (non-hydrogen) atoms. The number of hydrogen-bond donors (Lipinski definition) is 0. The van der Waals surface area contributed by atoms with Crippen LogP contribution < -0.4 is 4.74 Å². The maximum Gasteiger partial charge on any atom is 0.409 e. The summed E-state index contributed by atoms with van der Waals surface area (Å²) in [6.07, 6.45) is 0. The van der Waals surface area contributed by atoms with Gasteiger partial charge in [-0.3, -0.25) is 0 Å². The highest BCUT2D eigenvalue weighted by molar-refractivity contribution is 6.61. The standard InChI is InChI=1S/C8H3Cl2NO2/c9-6-1-5(4-11)2-7(3-6)13-8(10)12/h1-3H. The zero-order chi connectivity index (χ0) is 9.84. The van der Waals surface area contributed by atoms with Crippen molar-refractivity contribution in [1.29, 1.82) is 5.26 Å². The zero-order valence-electron chi connectivity index (χ0n) is 6.25. The first-order chi connectivity index (χ1) is 6.11. The lowest BCUT2D eigenvalue weighted by Gasteiger charge is -2.00. The lowest BCUT2D eigenvalue weighted by Crippen LogP contribution is -1.96. The SMILES string of the molecule is N#Cc1cc(Cl)cc(OC(=O)Cl)c1. The van der Waals surface area contributed by atoms with Crippen LogP contribution in [0.4, 0.5) is 4.79 Å². The Balaban J connectivity index is 3.03. The summed E-state index contributed by atoms with van der Waals surface area (Å²) in [5.41, 5.74) is -0.661. The van der Waals surface area contributed by atoms with E-state index in [-0.39, 0.29) is 5.75 Å². The minimum absolute atomic E-state index is 0.157. The second-order valence-electron chi connectivity index (χ2n) is 2.13. The molecule has 3 nitrogen and oxygen atoms in total. The number of carbonyl (C=O) groups is 1. The van der Waals surface area contributed by atoms with Crippen molar-refractivity contribution >= 4 is 28.6 Å². The molecule has 0 N–H and O–H groups in total. The van der Waals surface area contributed by atoms with Crippen LogP contribution in [0.1, 0.15) is 5.56 Å². The summed E-state index contributed by atoms with van der Waals surface area (Å²) in [6, 6.07) is 6.07. The van der Waals surface area contributed by atoms with Crippen LogP contribution in [0.25, 0.3) is 0 Å². The number of rotatable bonds is 1. The van der Waals surface area contributed by atoms with E-state index in [9.17, 15) is 4.79 Å². The van der Waals surface area contributed by atoms with Gasteiger partial charge in [-0.25, -0.2) is 4.79 Å². The van der Waals surface area contributed by atoms with Crippen LogP contribution in [0.5, 0.6) is 5.75 Å². The number of ether oxygens (including phenoxy) is 1. The van der Waals surface area contributed by atoms with E-state index < -0.39 is 5.43 Å². The number of carbonyl (C=O) groups excluding carboxylic acids is 1. The summed E-state index contributed by atoms with van der Waals surface area (Å²) in [5.74, 6) is 0.157. The quantitative estimate of drug-likeness (QED) is 0.678. The summed E-state index contributed by atoms with van der Waals surface area (Å²) in [6.45, 7) is 0. The van der Waals surface area contributed by atoms with Crippen LogP contribution in [-0.4, -0.2) is 5.43 Å². The molecule has 0 aliphatic rings. The van der Waals surface area contributed by atoms with Crippen LogP contribution >= 0.6 is 23.2 Å². The molecule has 1 aromatic carbocycles. The van der Waals surface area contributed by atoms with Crippen molar-refractivity contribution in [1.82, 2.24) is 0 Å².